The number of halogens is 3. The van der Waals surface area contributed by atoms with Gasteiger partial charge in [0.1, 0.15) is 0 Å². The van der Waals surface area contributed by atoms with Gasteiger partial charge < -0.3 is 9.88 Å². The molecule has 0 spiro atoms. The maximum absolute atomic E-state index is 13.0. The first-order chi connectivity index (χ1) is 12.2. The van der Waals surface area contributed by atoms with E-state index in [0.717, 1.165) is 28.0 Å². The first-order valence-corrected chi connectivity index (χ1v) is 7.70. The van der Waals surface area contributed by atoms with E-state index in [-0.39, 0.29) is 0 Å². The molecule has 2 heterocycles. The van der Waals surface area contributed by atoms with Crippen LogP contribution in [0.4, 0.5) is 18.9 Å². The summed E-state index contributed by atoms with van der Waals surface area (Å²) in [6.07, 6.45) is -1.97. The van der Waals surface area contributed by atoms with Gasteiger partial charge in [-0.2, -0.15) is 18.3 Å². The summed E-state index contributed by atoms with van der Waals surface area (Å²) in [6.45, 7) is 3.83. The Balaban J connectivity index is 1.82. The number of aryl methyl sites for hydroxylation is 2. The molecule has 0 unspecified atom stereocenters. The molecule has 0 radical (unpaired) electrons. The molecule has 0 saturated carbocycles. The predicted octanol–water partition coefficient (Wildman–Crippen LogP) is 3.49. The molecule has 1 aromatic carbocycles. The van der Waals surface area contributed by atoms with Crippen molar-refractivity contribution in [3.8, 4) is 5.69 Å². The van der Waals surface area contributed by atoms with Gasteiger partial charge in [0.2, 0.25) is 0 Å². The number of carbonyl (C=O) groups excluding carboxylic acids is 1. The Morgan fingerprint density at radius 2 is 1.81 bits per heavy atom. The number of nitrogens with zero attached hydrogens (tertiary/aromatic N) is 4. The van der Waals surface area contributed by atoms with E-state index in [0.29, 0.717) is 5.69 Å². The van der Waals surface area contributed by atoms with E-state index in [1.54, 1.807) is 30.6 Å². The van der Waals surface area contributed by atoms with E-state index in [1.165, 1.54) is 7.05 Å². The summed E-state index contributed by atoms with van der Waals surface area (Å²) in [6, 6.07) is 6.73. The highest BCUT2D eigenvalue weighted by atomic mass is 19.4. The van der Waals surface area contributed by atoms with E-state index in [4.69, 9.17) is 0 Å². The van der Waals surface area contributed by atoms with Crippen molar-refractivity contribution in [1.29, 1.82) is 0 Å². The second-order valence-corrected chi connectivity index (χ2v) is 5.85. The van der Waals surface area contributed by atoms with E-state index in [1.807, 2.05) is 18.4 Å². The summed E-state index contributed by atoms with van der Waals surface area (Å²) in [7, 11) is 1.33. The summed E-state index contributed by atoms with van der Waals surface area (Å²) in [5, 5.41) is 5.80. The van der Waals surface area contributed by atoms with Crippen molar-refractivity contribution in [3.05, 3.63) is 59.4 Å². The van der Waals surface area contributed by atoms with Crippen LogP contribution in [0.2, 0.25) is 0 Å². The number of alkyl halides is 3. The molecule has 9 heteroatoms. The van der Waals surface area contributed by atoms with Gasteiger partial charge in [-0.25, -0.2) is 4.98 Å². The van der Waals surface area contributed by atoms with Crippen LogP contribution in [-0.4, -0.2) is 25.2 Å². The third kappa shape index (κ3) is 3.32. The molecular weight excluding hydrogens is 347 g/mol. The van der Waals surface area contributed by atoms with Crippen LogP contribution in [0.3, 0.4) is 0 Å². The summed E-state index contributed by atoms with van der Waals surface area (Å²) < 4.78 is 41.8. The minimum Gasteiger partial charge on any atom is -0.322 e. The van der Waals surface area contributed by atoms with Crippen LogP contribution >= 0.6 is 0 Å². The van der Waals surface area contributed by atoms with Crippen LogP contribution < -0.4 is 5.32 Å². The number of amides is 1. The molecule has 6 nitrogen and oxygen atoms in total. The third-order valence-corrected chi connectivity index (χ3v) is 4.00. The minimum atomic E-state index is -4.70. The zero-order valence-corrected chi connectivity index (χ0v) is 14.3. The number of anilines is 1. The molecule has 0 atom stereocenters. The number of benzene rings is 1. The fourth-order valence-electron chi connectivity index (χ4n) is 2.53. The fraction of sp³-hybridized carbons (Fsp3) is 0.235. The first-order valence-electron chi connectivity index (χ1n) is 7.70. The third-order valence-electron chi connectivity index (χ3n) is 4.00. The Hall–Kier alpha value is -3.10. The van der Waals surface area contributed by atoms with Gasteiger partial charge in [0.05, 0.1) is 17.6 Å². The summed E-state index contributed by atoms with van der Waals surface area (Å²) in [4.78, 5) is 16.4. The Kier molecular flexibility index (Phi) is 4.31. The molecule has 0 bridgehead atoms. The molecule has 3 aromatic rings. The number of hydrogen-bond donors (Lipinski definition) is 1. The molecular formula is C17H16F3N5O. The molecule has 1 N–H and O–H groups in total. The molecule has 0 saturated heterocycles. The van der Waals surface area contributed by atoms with Gasteiger partial charge in [0.15, 0.2) is 5.69 Å². The second-order valence-electron chi connectivity index (χ2n) is 5.85. The van der Waals surface area contributed by atoms with Crippen LogP contribution in [0.5, 0.6) is 0 Å². The van der Waals surface area contributed by atoms with Crippen LogP contribution in [0.25, 0.3) is 5.69 Å². The maximum Gasteiger partial charge on any atom is 0.435 e. The number of nitrogens with one attached hydrogen (secondary N) is 1. The van der Waals surface area contributed by atoms with Crippen LogP contribution in [-0.2, 0) is 13.2 Å². The van der Waals surface area contributed by atoms with Crippen molar-refractivity contribution in [2.45, 2.75) is 20.0 Å². The lowest BCUT2D eigenvalue weighted by atomic mass is 10.2. The minimum absolute atomic E-state index is 0.380. The zero-order chi connectivity index (χ0) is 19.1. The molecule has 0 fully saturated rings. The molecule has 136 valence electrons. The Morgan fingerprint density at radius 3 is 2.35 bits per heavy atom. The number of aromatic nitrogens is 4. The Bertz CT molecular complexity index is 954. The van der Waals surface area contributed by atoms with Gasteiger partial charge in [-0.15, -0.1) is 0 Å². The van der Waals surface area contributed by atoms with Crippen molar-refractivity contribution in [3.63, 3.8) is 0 Å². The van der Waals surface area contributed by atoms with Gasteiger partial charge in [-0.1, -0.05) is 0 Å². The maximum atomic E-state index is 13.0. The molecule has 2 aromatic heterocycles. The van der Waals surface area contributed by atoms with Crippen LogP contribution in [0.15, 0.2) is 36.8 Å². The van der Waals surface area contributed by atoms with Crippen molar-refractivity contribution < 1.29 is 18.0 Å². The lowest BCUT2D eigenvalue weighted by Gasteiger charge is -2.09. The average molecular weight is 363 g/mol. The van der Waals surface area contributed by atoms with Gasteiger partial charge in [0.25, 0.3) is 5.91 Å². The Morgan fingerprint density at radius 1 is 1.15 bits per heavy atom. The summed E-state index contributed by atoms with van der Waals surface area (Å²) in [5.41, 5.74) is 1.36. The van der Waals surface area contributed by atoms with E-state index in [2.05, 4.69) is 15.4 Å². The standard InChI is InChI=1S/C17H16F3N5O/c1-10-11(2)25(9-21-10)13-6-4-12(5-7-13)22-16(26)14-8-24(3)23-15(14)17(18,19)20/h4-9H,1-3H3,(H,22,26). The molecule has 0 aliphatic rings. The predicted molar refractivity (Wildman–Crippen MR) is 89.2 cm³/mol. The molecule has 3 rings (SSSR count). The Labute approximate surface area is 147 Å². The van der Waals surface area contributed by atoms with Crippen molar-refractivity contribution in [2.24, 2.45) is 7.05 Å². The average Bonchev–Trinajstić information content (AvgIpc) is 3.12. The van der Waals surface area contributed by atoms with E-state index in [9.17, 15) is 18.0 Å². The smallest absolute Gasteiger partial charge is 0.322 e. The first kappa shape index (κ1) is 17.7. The summed E-state index contributed by atoms with van der Waals surface area (Å²) in [5.74, 6) is -0.868. The van der Waals surface area contributed by atoms with E-state index >= 15 is 0 Å². The summed E-state index contributed by atoms with van der Waals surface area (Å²) >= 11 is 0. The van der Waals surface area contributed by atoms with Gasteiger partial charge in [-0.05, 0) is 38.1 Å². The monoisotopic (exact) mass is 363 g/mol. The van der Waals surface area contributed by atoms with Crippen LogP contribution in [0, 0.1) is 13.8 Å². The van der Waals surface area contributed by atoms with E-state index < -0.39 is 23.3 Å². The number of carbonyl (C=O) groups is 1. The van der Waals surface area contributed by atoms with Crippen molar-refractivity contribution in [2.75, 3.05) is 5.32 Å². The zero-order valence-electron chi connectivity index (χ0n) is 14.3. The molecule has 1 amide bonds. The number of rotatable bonds is 3. The lowest BCUT2D eigenvalue weighted by Crippen LogP contribution is -2.17. The number of hydrogen-bond acceptors (Lipinski definition) is 3. The number of imidazole rings is 1. The van der Waals surface area contributed by atoms with Gasteiger partial charge in [0, 0.05) is 30.3 Å². The SMILES string of the molecule is Cc1ncn(-c2ccc(NC(=O)c3cn(C)nc3C(F)(F)F)cc2)c1C. The van der Waals surface area contributed by atoms with Gasteiger partial charge >= 0.3 is 6.18 Å². The normalized spacial score (nSPS) is 11.6. The molecule has 0 aliphatic carbocycles. The van der Waals surface area contributed by atoms with Gasteiger partial charge in [-0.3, -0.25) is 9.48 Å². The highest BCUT2D eigenvalue weighted by Crippen LogP contribution is 2.31. The molecule has 0 aliphatic heterocycles. The quantitative estimate of drug-likeness (QED) is 0.775. The largest absolute Gasteiger partial charge is 0.435 e. The highest BCUT2D eigenvalue weighted by Gasteiger charge is 2.39. The van der Waals surface area contributed by atoms with Crippen molar-refractivity contribution in [1.82, 2.24) is 19.3 Å². The lowest BCUT2D eigenvalue weighted by molar-refractivity contribution is -0.141. The molecule has 26 heavy (non-hydrogen) atoms. The van der Waals surface area contributed by atoms with Crippen LogP contribution in [0.1, 0.15) is 27.4 Å². The topological polar surface area (TPSA) is 64.7 Å². The second kappa shape index (κ2) is 6.32. The highest BCUT2D eigenvalue weighted by molar-refractivity contribution is 6.05. The fourth-order valence-corrected chi connectivity index (χ4v) is 2.53. The van der Waals surface area contributed by atoms with Crippen molar-refractivity contribution >= 4 is 11.6 Å².